The average molecular weight is 360 g/mol. The lowest BCUT2D eigenvalue weighted by atomic mass is 10.0. The Kier molecular flexibility index (Phi) is 4.90. The van der Waals surface area contributed by atoms with Crippen LogP contribution in [0.3, 0.4) is 0 Å². The molecule has 1 unspecified atom stereocenters. The van der Waals surface area contributed by atoms with Crippen LogP contribution in [0, 0.1) is 0 Å². The highest BCUT2D eigenvalue weighted by Crippen LogP contribution is 2.18. The molecule has 1 aliphatic rings. The third-order valence-electron chi connectivity index (χ3n) is 3.84. The van der Waals surface area contributed by atoms with E-state index in [0.717, 1.165) is 16.8 Å². The van der Waals surface area contributed by atoms with E-state index in [9.17, 15) is 4.79 Å². The van der Waals surface area contributed by atoms with Gasteiger partial charge in [-0.15, -0.1) is 0 Å². The minimum absolute atomic E-state index is 0.0245. The second-order valence-electron chi connectivity index (χ2n) is 5.46. The largest absolute Gasteiger partial charge is 0.492 e. The lowest BCUT2D eigenvalue weighted by molar-refractivity contribution is 0.103. The number of hydrogen-bond acceptors (Lipinski definition) is 3. The SMILES string of the molecule is O=C(c1ccc(Br)cc1)c1ccc(OCC2CCCN2)cc1. The number of benzene rings is 2. The first kappa shape index (κ1) is 15.3. The first-order chi connectivity index (χ1) is 10.7. The fraction of sp³-hybridized carbons (Fsp3) is 0.278. The third kappa shape index (κ3) is 3.76. The minimum atomic E-state index is 0.0245. The molecule has 0 aliphatic carbocycles. The average Bonchev–Trinajstić information content (AvgIpc) is 3.07. The van der Waals surface area contributed by atoms with Crippen molar-refractivity contribution in [1.29, 1.82) is 0 Å². The van der Waals surface area contributed by atoms with E-state index < -0.39 is 0 Å². The Morgan fingerprint density at radius 2 is 1.73 bits per heavy atom. The Labute approximate surface area is 138 Å². The zero-order valence-corrected chi connectivity index (χ0v) is 13.8. The standard InChI is InChI=1S/C18H18BrNO2/c19-15-7-3-13(4-8-15)18(21)14-5-9-17(10-6-14)22-12-16-2-1-11-20-16/h3-10,16,20H,1-2,11-12H2. The molecule has 0 aromatic heterocycles. The number of halogens is 1. The monoisotopic (exact) mass is 359 g/mol. The fourth-order valence-electron chi connectivity index (χ4n) is 2.57. The van der Waals surface area contributed by atoms with Crippen molar-refractivity contribution in [3.8, 4) is 5.75 Å². The van der Waals surface area contributed by atoms with E-state index in [1.54, 1.807) is 0 Å². The molecular weight excluding hydrogens is 342 g/mol. The van der Waals surface area contributed by atoms with Crippen molar-refractivity contribution in [3.63, 3.8) is 0 Å². The van der Waals surface area contributed by atoms with Gasteiger partial charge in [0.1, 0.15) is 12.4 Å². The summed E-state index contributed by atoms with van der Waals surface area (Å²) in [4.78, 5) is 12.4. The molecule has 114 valence electrons. The van der Waals surface area contributed by atoms with Gasteiger partial charge in [0.2, 0.25) is 0 Å². The third-order valence-corrected chi connectivity index (χ3v) is 4.37. The molecule has 0 amide bonds. The van der Waals surface area contributed by atoms with Crippen molar-refractivity contribution in [2.24, 2.45) is 0 Å². The second kappa shape index (κ2) is 7.07. The van der Waals surface area contributed by atoms with Gasteiger partial charge < -0.3 is 10.1 Å². The van der Waals surface area contributed by atoms with Gasteiger partial charge in [-0.05, 0) is 67.9 Å². The van der Waals surface area contributed by atoms with Crippen molar-refractivity contribution in [3.05, 3.63) is 64.1 Å². The van der Waals surface area contributed by atoms with Crippen LogP contribution in [-0.2, 0) is 0 Å². The summed E-state index contributed by atoms with van der Waals surface area (Å²) in [5, 5.41) is 3.40. The number of ether oxygens (including phenoxy) is 1. The molecule has 1 saturated heterocycles. The van der Waals surface area contributed by atoms with Gasteiger partial charge in [-0.3, -0.25) is 4.79 Å². The highest BCUT2D eigenvalue weighted by Gasteiger charge is 2.14. The number of ketones is 1. The molecule has 0 radical (unpaired) electrons. The molecule has 1 N–H and O–H groups in total. The van der Waals surface area contributed by atoms with Crippen LogP contribution in [0.2, 0.25) is 0 Å². The molecule has 1 atom stereocenters. The molecule has 2 aromatic rings. The van der Waals surface area contributed by atoms with Gasteiger partial charge in [-0.25, -0.2) is 0 Å². The number of rotatable bonds is 5. The van der Waals surface area contributed by atoms with Crippen molar-refractivity contribution >= 4 is 21.7 Å². The van der Waals surface area contributed by atoms with Crippen LogP contribution in [0.25, 0.3) is 0 Å². The minimum Gasteiger partial charge on any atom is -0.492 e. The molecule has 0 saturated carbocycles. The summed E-state index contributed by atoms with van der Waals surface area (Å²) in [7, 11) is 0. The van der Waals surface area contributed by atoms with Crippen LogP contribution in [-0.4, -0.2) is 25.0 Å². The zero-order chi connectivity index (χ0) is 15.4. The lowest BCUT2D eigenvalue weighted by Crippen LogP contribution is -2.28. The van der Waals surface area contributed by atoms with Gasteiger partial charge in [0.15, 0.2) is 5.78 Å². The van der Waals surface area contributed by atoms with Crippen LogP contribution >= 0.6 is 15.9 Å². The van der Waals surface area contributed by atoms with Crippen LogP contribution < -0.4 is 10.1 Å². The predicted molar refractivity (Wildman–Crippen MR) is 90.5 cm³/mol. The van der Waals surface area contributed by atoms with E-state index in [2.05, 4.69) is 21.2 Å². The smallest absolute Gasteiger partial charge is 0.193 e. The lowest BCUT2D eigenvalue weighted by Gasteiger charge is -2.12. The Balaban J connectivity index is 1.62. The summed E-state index contributed by atoms with van der Waals surface area (Å²) in [6.07, 6.45) is 2.38. The van der Waals surface area contributed by atoms with E-state index in [4.69, 9.17) is 4.74 Å². The fourth-order valence-corrected chi connectivity index (χ4v) is 2.83. The maximum atomic E-state index is 12.4. The summed E-state index contributed by atoms with van der Waals surface area (Å²) in [5.74, 6) is 0.831. The molecule has 3 rings (SSSR count). The van der Waals surface area contributed by atoms with Gasteiger partial charge in [0.25, 0.3) is 0 Å². The van der Waals surface area contributed by atoms with Crippen molar-refractivity contribution in [2.75, 3.05) is 13.2 Å². The van der Waals surface area contributed by atoms with Crippen molar-refractivity contribution in [2.45, 2.75) is 18.9 Å². The van der Waals surface area contributed by atoms with Gasteiger partial charge in [-0.2, -0.15) is 0 Å². The van der Waals surface area contributed by atoms with Gasteiger partial charge >= 0.3 is 0 Å². The van der Waals surface area contributed by atoms with Gasteiger partial charge in [0.05, 0.1) is 0 Å². The van der Waals surface area contributed by atoms with Crippen molar-refractivity contribution in [1.82, 2.24) is 5.32 Å². The van der Waals surface area contributed by atoms with E-state index in [0.29, 0.717) is 23.8 Å². The van der Waals surface area contributed by atoms with Gasteiger partial charge in [0, 0.05) is 21.6 Å². The van der Waals surface area contributed by atoms with Gasteiger partial charge in [-0.1, -0.05) is 15.9 Å². The summed E-state index contributed by atoms with van der Waals surface area (Å²) in [6, 6.07) is 15.2. The highest BCUT2D eigenvalue weighted by atomic mass is 79.9. The Morgan fingerprint density at radius 3 is 2.32 bits per heavy atom. The van der Waals surface area contributed by atoms with E-state index in [-0.39, 0.29) is 5.78 Å². The Hall–Kier alpha value is -1.65. The quantitative estimate of drug-likeness (QED) is 0.824. The summed E-state index contributed by atoms with van der Waals surface area (Å²) in [5.41, 5.74) is 1.36. The van der Waals surface area contributed by atoms with E-state index in [1.807, 2.05) is 48.5 Å². The van der Waals surface area contributed by atoms with Crippen molar-refractivity contribution < 1.29 is 9.53 Å². The van der Waals surface area contributed by atoms with E-state index in [1.165, 1.54) is 12.8 Å². The zero-order valence-electron chi connectivity index (χ0n) is 12.2. The molecule has 1 aliphatic heterocycles. The molecule has 0 spiro atoms. The molecule has 3 nitrogen and oxygen atoms in total. The topological polar surface area (TPSA) is 38.3 Å². The molecule has 1 fully saturated rings. The number of nitrogens with one attached hydrogen (secondary N) is 1. The maximum Gasteiger partial charge on any atom is 0.193 e. The van der Waals surface area contributed by atoms with Crippen LogP contribution in [0.5, 0.6) is 5.75 Å². The van der Waals surface area contributed by atoms with Crippen LogP contribution in [0.4, 0.5) is 0 Å². The number of hydrogen-bond donors (Lipinski definition) is 1. The Bertz CT molecular complexity index is 631. The summed E-state index contributed by atoms with van der Waals surface area (Å²) in [6.45, 7) is 1.76. The molecule has 22 heavy (non-hydrogen) atoms. The maximum absolute atomic E-state index is 12.4. The van der Waals surface area contributed by atoms with Crippen LogP contribution in [0.1, 0.15) is 28.8 Å². The predicted octanol–water partition coefficient (Wildman–Crippen LogP) is 3.81. The number of carbonyl (C=O) groups is 1. The van der Waals surface area contributed by atoms with Crippen LogP contribution in [0.15, 0.2) is 53.0 Å². The molecule has 0 bridgehead atoms. The first-order valence-corrected chi connectivity index (χ1v) is 8.28. The normalized spacial score (nSPS) is 17.4. The second-order valence-corrected chi connectivity index (χ2v) is 6.38. The summed E-state index contributed by atoms with van der Waals surface area (Å²) < 4.78 is 6.73. The first-order valence-electron chi connectivity index (χ1n) is 7.49. The van der Waals surface area contributed by atoms with E-state index >= 15 is 0 Å². The highest BCUT2D eigenvalue weighted by molar-refractivity contribution is 9.10. The summed E-state index contributed by atoms with van der Waals surface area (Å²) >= 11 is 3.37. The molecule has 4 heteroatoms. The molecular formula is C18H18BrNO2. The number of carbonyl (C=O) groups excluding carboxylic acids is 1. The Morgan fingerprint density at radius 1 is 1.09 bits per heavy atom. The molecule has 2 aromatic carbocycles. The molecule has 1 heterocycles.